The summed E-state index contributed by atoms with van der Waals surface area (Å²) in [7, 11) is 0. The van der Waals surface area contributed by atoms with E-state index in [1.807, 2.05) is 18.0 Å². The summed E-state index contributed by atoms with van der Waals surface area (Å²) in [6, 6.07) is 0. The first-order valence-electron chi connectivity index (χ1n) is 10.1. The van der Waals surface area contributed by atoms with Crippen LogP contribution in [0.1, 0.15) is 95.7 Å². The van der Waals surface area contributed by atoms with Gasteiger partial charge in [-0.3, -0.25) is 0 Å². The number of nitrogens with zero attached hydrogens (tertiary/aromatic N) is 4. The van der Waals surface area contributed by atoms with Crippen molar-refractivity contribution in [3.63, 3.8) is 0 Å². The average molecular weight is 362 g/mol. The summed E-state index contributed by atoms with van der Waals surface area (Å²) in [5.74, 6) is 1.82. The van der Waals surface area contributed by atoms with Gasteiger partial charge in [-0.2, -0.15) is 4.99 Å². The molecule has 26 heavy (non-hydrogen) atoms. The Morgan fingerprint density at radius 3 is 2.50 bits per heavy atom. The molecule has 1 aliphatic rings. The molecule has 0 spiro atoms. The van der Waals surface area contributed by atoms with E-state index < -0.39 is 0 Å². The fourth-order valence-corrected chi connectivity index (χ4v) is 3.37. The smallest absolute Gasteiger partial charge is 0.221 e. The molecule has 0 fully saturated rings. The molecule has 2 heterocycles. The van der Waals surface area contributed by atoms with Gasteiger partial charge in [0.25, 0.3) is 0 Å². The molecule has 2 rings (SSSR count). The lowest BCUT2D eigenvalue weighted by molar-refractivity contribution is 0.320. The lowest BCUT2D eigenvalue weighted by Crippen LogP contribution is -2.44. The lowest BCUT2D eigenvalue weighted by Gasteiger charge is -2.30. The summed E-state index contributed by atoms with van der Waals surface area (Å²) in [6.07, 6.45) is 12.1. The molecule has 5 N–H and O–H groups in total. The zero-order valence-electron chi connectivity index (χ0n) is 16.5. The molecule has 7 heteroatoms. The normalized spacial score (nSPS) is 18.6. The summed E-state index contributed by atoms with van der Waals surface area (Å²) in [4.78, 5) is 18.3. The Labute approximate surface area is 157 Å². The van der Waals surface area contributed by atoms with Crippen LogP contribution in [0.25, 0.3) is 0 Å². The zero-order chi connectivity index (χ0) is 18.9. The number of nitrogens with one attached hydrogen (secondary N) is 1. The lowest BCUT2D eigenvalue weighted by atomic mass is 9.99. The zero-order valence-corrected chi connectivity index (χ0v) is 16.5. The second kappa shape index (κ2) is 10.2. The summed E-state index contributed by atoms with van der Waals surface area (Å²) < 4.78 is 0. The molecule has 1 aromatic heterocycles. The van der Waals surface area contributed by atoms with Crippen molar-refractivity contribution in [3.8, 4) is 0 Å². The highest BCUT2D eigenvalue weighted by Gasteiger charge is 2.27. The minimum absolute atomic E-state index is 0.200. The Balaban J connectivity index is 1.85. The molecule has 2 atom stereocenters. The van der Waals surface area contributed by atoms with E-state index in [-0.39, 0.29) is 12.1 Å². The van der Waals surface area contributed by atoms with Crippen LogP contribution in [-0.4, -0.2) is 33.3 Å². The number of guanidine groups is 2. The highest BCUT2D eigenvalue weighted by molar-refractivity contribution is 5.95. The van der Waals surface area contributed by atoms with Crippen molar-refractivity contribution in [1.82, 2.24) is 14.9 Å². The number of aromatic amines is 1. The highest BCUT2D eigenvalue weighted by atomic mass is 15.4. The van der Waals surface area contributed by atoms with E-state index >= 15 is 0 Å². The van der Waals surface area contributed by atoms with Crippen LogP contribution in [0, 0.1) is 0 Å². The fourth-order valence-electron chi connectivity index (χ4n) is 3.37. The van der Waals surface area contributed by atoms with E-state index in [0.29, 0.717) is 18.4 Å². The Hall–Kier alpha value is -2.05. The van der Waals surface area contributed by atoms with Crippen molar-refractivity contribution >= 4 is 11.9 Å². The molecule has 2 unspecified atom stereocenters. The number of hydrogen-bond donors (Lipinski definition) is 3. The van der Waals surface area contributed by atoms with E-state index in [1.54, 1.807) is 0 Å². The quantitative estimate of drug-likeness (QED) is 0.523. The van der Waals surface area contributed by atoms with Crippen molar-refractivity contribution in [3.05, 3.63) is 17.7 Å². The van der Waals surface area contributed by atoms with E-state index in [2.05, 4.69) is 33.8 Å². The number of rotatable bonds is 11. The minimum Gasteiger partial charge on any atom is -0.369 e. The molecule has 0 radical (unpaired) electrons. The summed E-state index contributed by atoms with van der Waals surface area (Å²) in [5, 5.41) is 0. The van der Waals surface area contributed by atoms with Gasteiger partial charge in [0, 0.05) is 18.4 Å². The Morgan fingerprint density at radius 2 is 1.81 bits per heavy atom. The van der Waals surface area contributed by atoms with Gasteiger partial charge < -0.3 is 21.4 Å². The van der Waals surface area contributed by atoms with Gasteiger partial charge >= 0.3 is 0 Å². The number of imidazole rings is 1. The molecule has 0 bridgehead atoms. The van der Waals surface area contributed by atoms with Gasteiger partial charge in [0.1, 0.15) is 0 Å². The van der Waals surface area contributed by atoms with E-state index in [9.17, 15) is 0 Å². The second-order valence-electron chi connectivity index (χ2n) is 7.15. The standard InChI is InChI=1S/C19H35N7/c1-4-6-7-8-9-10-11-12-14(3)15-13-22-16(23-15)17-24-18(20)25-19(21)26(17)5-2/h13-14,17H,4-12H2,1-3H3,(H,22,23)(H4,20,21,24,25). The van der Waals surface area contributed by atoms with Crippen molar-refractivity contribution < 1.29 is 0 Å². The molecule has 0 saturated heterocycles. The van der Waals surface area contributed by atoms with Crippen LogP contribution < -0.4 is 11.5 Å². The topological polar surface area (TPSA) is 109 Å². The number of nitrogens with two attached hydrogens (primary N) is 2. The Kier molecular flexibility index (Phi) is 7.94. The van der Waals surface area contributed by atoms with Gasteiger partial charge in [0.15, 0.2) is 12.0 Å². The third kappa shape index (κ3) is 5.47. The van der Waals surface area contributed by atoms with Gasteiger partial charge in [-0.1, -0.05) is 58.8 Å². The molecular weight excluding hydrogens is 326 g/mol. The van der Waals surface area contributed by atoms with Gasteiger partial charge in [-0.25, -0.2) is 9.98 Å². The van der Waals surface area contributed by atoms with Crippen LogP contribution in [0.15, 0.2) is 16.2 Å². The van der Waals surface area contributed by atoms with Crippen LogP contribution in [-0.2, 0) is 0 Å². The highest BCUT2D eigenvalue weighted by Crippen LogP contribution is 2.26. The van der Waals surface area contributed by atoms with Gasteiger partial charge in [0.05, 0.1) is 0 Å². The SMILES string of the molecule is CCCCCCCCCC(C)c1cnc(C2N=C(N)N=C(N)N2CC)[nH]1. The molecule has 0 aromatic carbocycles. The van der Waals surface area contributed by atoms with Gasteiger partial charge in [-0.15, -0.1) is 0 Å². The Bertz CT molecular complexity index is 605. The monoisotopic (exact) mass is 361 g/mol. The van der Waals surface area contributed by atoms with Crippen molar-refractivity contribution in [1.29, 1.82) is 0 Å². The first kappa shape index (κ1) is 20.3. The first-order valence-corrected chi connectivity index (χ1v) is 10.1. The van der Waals surface area contributed by atoms with Crippen molar-refractivity contribution in [2.24, 2.45) is 21.5 Å². The predicted molar refractivity (Wildman–Crippen MR) is 108 cm³/mol. The number of aromatic nitrogens is 2. The molecule has 0 aliphatic carbocycles. The van der Waals surface area contributed by atoms with Crippen LogP contribution in [0.2, 0.25) is 0 Å². The van der Waals surface area contributed by atoms with Crippen LogP contribution in [0.5, 0.6) is 0 Å². The number of unbranched alkanes of at least 4 members (excludes halogenated alkanes) is 6. The molecule has 7 nitrogen and oxygen atoms in total. The van der Waals surface area contributed by atoms with E-state index in [1.165, 1.54) is 51.4 Å². The maximum atomic E-state index is 5.97. The summed E-state index contributed by atoms with van der Waals surface area (Å²) in [5.41, 5.74) is 12.9. The minimum atomic E-state index is -0.322. The largest absolute Gasteiger partial charge is 0.369 e. The fraction of sp³-hybridized carbons (Fsp3) is 0.737. The second-order valence-corrected chi connectivity index (χ2v) is 7.15. The van der Waals surface area contributed by atoms with Crippen LogP contribution in [0.4, 0.5) is 0 Å². The molecule has 0 saturated carbocycles. The van der Waals surface area contributed by atoms with E-state index in [0.717, 1.165) is 11.5 Å². The van der Waals surface area contributed by atoms with E-state index in [4.69, 9.17) is 11.5 Å². The van der Waals surface area contributed by atoms with Crippen molar-refractivity contribution in [2.75, 3.05) is 6.54 Å². The maximum absolute atomic E-state index is 5.97. The van der Waals surface area contributed by atoms with Gasteiger partial charge in [-0.05, 0) is 19.3 Å². The maximum Gasteiger partial charge on any atom is 0.221 e. The number of hydrogen-bond acceptors (Lipinski definition) is 6. The molecule has 146 valence electrons. The first-order chi connectivity index (χ1) is 12.6. The van der Waals surface area contributed by atoms with Crippen LogP contribution >= 0.6 is 0 Å². The Morgan fingerprint density at radius 1 is 1.12 bits per heavy atom. The predicted octanol–water partition coefficient (Wildman–Crippen LogP) is 3.62. The average Bonchev–Trinajstić information content (AvgIpc) is 3.10. The summed E-state index contributed by atoms with van der Waals surface area (Å²) >= 11 is 0. The van der Waals surface area contributed by atoms with Crippen LogP contribution in [0.3, 0.4) is 0 Å². The molecular formula is C19H35N7. The van der Waals surface area contributed by atoms with Gasteiger partial charge in [0.2, 0.25) is 11.9 Å². The third-order valence-corrected chi connectivity index (χ3v) is 5.05. The molecule has 1 aliphatic heterocycles. The third-order valence-electron chi connectivity index (χ3n) is 5.05. The molecule has 0 amide bonds. The summed E-state index contributed by atoms with van der Waals surface area (Å²) in [6.45, 7) is 7.22. The van der Waals surface area contributed by atoms with Crippen molar-refractivity contribution in [2.45, 2.75) is 84.2 Å². The number of H-pyrrole nitrogens is 1. The molecule has 1 aromatic rings. The number of aliphatic imine (C=N–C) groups is 2.